The molecule has 1 aromatic carbocycles. The highest BCUT2D eigenvalue weighted by Crippen LogP contribution is 2.32. The lowest BCUT2D eigenvalue weighted by atomic mass is 9.98. The minimum absolute atomic E-state index is 0.0386. The van der Waals surface area contributed by atoms with Crippen LogP contribution in [0.4, 0.5) is 11.4 Å². The number of carbonyl (C=O) groups is 1. The Morgan fingerprint density at radius 3 is 2.72 bits per heavy atom. The molecule has 1 unspecified atom stereocenters. The standard InChI is InChI=1S/C22H26N4O4S2/c1-6-11(2)9-15-14(5)32-21-18(15)20(28)24-22(25-21)31-10-17(27)23-19-13(4)12(3)7-8-16(19)26(29)30/h7-8,11H,6,9-10H2,1-5H3,(H,23,27)(H,24,25,28). The Bertz CT molecular complexity index is 1250. The van der Waals surface area contributed by atoms with Crippen LogP contribution in [0.3, 0.4) is 0 Å². The van der Waals surface area contributed by atoms with Gasteiger partial charge in [-0.2, -0.15) is 0 Å². The summed E-state index contributed by atoms with van der Waals surface area (Å²) >= 11 is 2.58. The second kappa shape index (κ2) is 9.83. The number of amides is 1. The topological polar surface area (TPSA) is 118 Å². The first-order valence-electron chi connectivity index (χ1n) is 10.3. The molecular weight excluding hydrogens is 448 g/mol. The zero-order chi connectivity index (χ0) is 23.6. The zero-order valence-electron chi connectivity index (χ0n) is 18.7. The number of anilines is 1. The first-order chi connectivity index (χ1) is 15.1. The number of hydrogen-bond donors (Lipinski definition) is 2. The van der Waals surface area contributed by atoms with Crippen LogP contribution < -0.4 is 10.9 Å². The van der Waals surface area contributed by atoms with Crippen molar-refractivity contribution < 1.29 is 9.72 Å². The minimum Gasteiger partial charge on any atom is -0.319 e. The number of nitro benzene ring substituents is 1. The number of rotatable bonds is 8. The smallest absolute Gasteiger partial charge is 0.293 e. The summed E-state index contributed by atoms with van der Waals surface area (Å²) in [6.07, 6.45) is 1.86. The van der Waals surface area contributed by atoms with Crippen LogP contribution in [0.2, 0.25) is 0 Å². The fraction of sp³-hybridized carbons (Fsp3) is 0.409. The van der Waals surface area contributed by atoms with Crippen molar-refractivity contribution >= 4 is 50.6 Å². The molecular formula is C22H26N4O4S2. The molecule has 32 heavy (non-hydrogen) atoms. The highest BCUT2D eigenvalue weighted by molar-refractivity contribution is 7.99. The summed E-state index contributed by atoms with van der Waals surface area (Å²) in [6.45, 7) is 9.85. The van der Waals surface area contributed by atoms with Gasteiger partial charge in [-0.3, -0.25) is 19.7 Å². The minimum atomic E-state index is -0.516. The molecule has 1 atom stereocenters. The molecule has 0 aliphatic heterocycles. The van der Waals surface area contributed by atoms with Gasteiger partial charge in [0.2, 0.25) is 5.91 Å². The van der Waals surface area contributed by atoms with Crippen molar-refractivity contribution in [3.63, 3.8) is 0 Å². The number of thiophene rings is 1. The summed E-state index contributed by atoms with van der Waals surface area (Å²) in [5.41, 5.74) is 2.38. The molecule has 0 bridgehead atoms. The van der Waals surface area contributed by atoms with E-state index in [1.54, 1.807) is 13.0 Å². The lowest BCUT2D eigenvalue weighted by Gasteiger charge is -2.11. The third-order valence-corrected chi connectivity index (χ3v) is 7.52. The van der Waals surface area contributed by atoms with E-state index in [-0.39, 0.29) is 22.7 Å². The monoisotopic (exact) mass is 474 g/mol. The Morgan fingerprint density at radius 2 is 2.06 bits per heavy atom. The van der Waals surface area contributed by atoms with Crippen LogP contribution in [0, 0.1) is 36.8 Å². The van der Waals surface area contributed by atoms with Crippen LogP contribution in [-0.2, 0) is 11.2 Å². The van der Waals surface area contributed by atoms with Gasteiger partial charge in [0.05, 0.1) is 16.1 Å². The first kappa shape index (κ1) is 23.9. The Kier molecular flexibility index (Phi) is 7.35. The number of thioether (sulfide) groups is 1. The molecule has 0 aliphatic rings. The molecule has 0 fully saturated rings. The lowest BCUT2D eigenvalue weighted by Crippen LogP contribution is -2.17. The van der Waals surface area contributed by atoms with E-state index in [0.717, 1.165) is 40.6 Å². The molecule has 2 heterocycles. The zero-order valence-corrected chi connectivity index (χ0v) is 20.3. The quantitative estimate of drug-likeness (QED) is 0.202. The number of aromatic amines is 1. The fourth-order valence-electron chi connectivity index (χ4n) is 3.38. The molecule has 2 N–H and O–H groups in total. The van der Waals surface area contributed by atoms with Gasteiger partial charge in [-0.25, -0.2) is 4.98 Å². The molecule has 170 valence electrons. The van der Waals surface area contributed by atoms with Crippen molar-refractivity contribution in [2.24, 2.45) is 5.92 Å². The summed E-state index contributed by atoms with van der Waals surface area (Å²) in [4.78, 5) is 45.2. The SMILES string of the molecule is CCC(C)Cc1c(C)sc2nc(SCC(=O)Nc3c([N+](=O)[O-])ccc(C)c3C)[nH]c(=O)c12. The van der Waals surface area contributed by atoms with Gasteiger partial charge < -0.3 is 10.3 Å². The van der Waals surface area contributed by atoms with Gasteiger partial charge in [0, 0.05) is 10.9 Å². The Morgan fingerprint density at radius 1 is 1.34 bits per heavy atom. The van der Waals surface area contributed by atoms with E-state index in [1.165, 1.54) is 17.4 Å². The van der Waals surface area contributed by atoms with Gasteiger partial charge in [-0.05, 0) is 49.8 Å². The van der Waals surface area contributed by atoms with Crippen LogP contribution in [-0.4, -0.2) is 26.6 Å². The largest absolute Gasteiger partial charge is 0.319 e. The van der Waals surface area contributed by atoms with Crippen molar-refractivity contribution in [1.29, 1.82) is 0 Å². The number of fused-ring (bicyclic) bond motifs is 1. The normalized spacial score (nSPS) is 12.2. The van der Waals surface area contributed by atoms with Crippen molar-refractivity contribution in [3.8, 4) is 0 Å². The molecule has 8 nitrogen and oxygen atoms in total. The number of aromatic nitrogens is 2. The Hall–Kier alpha value is -2.72. The van der Waals surface area contributed by atoms with Crippen molar-refractivity contribution in [2.75, 3.05) is 11.1 Å². The van der Waals surface area contributed by atoms with Crippen molar-refractivity contribution in [1.82, 2.24) is 9.97 Å². The predicted octanol–water partition coefficient (Wildman–Crippen LogP) is 5.14. The molecule has 1 amide bonds. The van der Waals surface area contributed by atoms with E-state index in [0.29, 0.717) is 26.9 Å². The number of carbonyl (C=O) groups excluding carboxylic acids is 1. The summed E-state index contributed by atoms with van der Waals surface area (Å²) < 4.78 is 0. The van der Waals surface area contributed by atoms with E-state index in [2.05, 4.69) is 29.1 Å². The van der Waals surface area contributed by atoms with E-state index in [9.17, 15) is 19.7 Å². The van der Waals surface area contributed by atoms with Gasteiger partial charge in [0.25, 0.3) is 11.2 Å². The molecule has 0 radical (unpaired) electrons. The van der Waals surface area contributed by atoms with Crippen LogP contribution >= 0.6 is 23.1 Å². The number of hydrogen-bond acceptors (Lipinski definition) is 7. The molecule has 0 spiro atoms. The summed E-state index contributed by atoms with van der Waals surface area (Å²) in [5.74, 6) is 0.0236. The molecule has 0 aliphatic carbocycles. The predicted molar refractivity (Wildman–Crippen MR) is 130 cm³/mol. The maximum Gasteiger partial charge on any atom is 0.293 e. The summed E-state index contributed by atoms with van der Waals surface area (Å²) in [6, 6.07) is 3.04. The van der Waals surface area contributed by atoms with Gasteiger partial charge >= 0.3 is 0 Å². The number of nitro groups is 1. The van der Waals surface area contributed by atoms with Crippen molar-refractivity contribution in [3.05, 3.63) is 54.2 Å². The molecule has 0 saturated carbocycles. The molecule has 3 rings (SSSR count). The third-order valence-electron chi connectivity index (χ3n) is 5.61. The highest BCUT2D eigenvalue weighted by atomic mass is 32.2. The number of aryl methyl sites for hydroxylation is 2. The Labute approximate surface area is 194 Å². The van der Waals surface area contributed by atoms with Crippen LogP contribution in [0.5, 0.6) is 0 Å². The number of H-pyrrole nitrogens is 1. The second-order valence-corrected chi connectivity index (χ2v) is 10.1. The van der Waals surface area contributed by atoms with Crippen LogP contribution in [0.1, 0.15) is 41.8 Å². The highest BCUT2D eigenvalue weighted by Gasteiger charge is 2.20. The fourth-order valence-corrected chi connectivity index (χ4v) is 5.16. The number of benzene rings is 1. The number of nitrogens with zero attached hydrogens (tertiary/aromatic N) is 2. The van der Waals surface area contributed by atoms with E-state index in [4.69, 9.17) is 0 Å². The number of nitrogens with one attached hydrogen (secondary N) is 2. The van der Waals surface area contributed by atoms with Gasteiger partial charge in [0.15, 0.2) is 5.16 Å². The van der Waals surface area contributed by atoms with Crippen LogP contribution in [0.25, 0.3) is 10.2 Å². The van der Waals surface area contributed by atoms with Gasteiger partial charge in [-0.1, -0.05) is 38.1 Å². The second-order valence-electron chi connectivity index (χ2n) is 7.90. The van der Waals surface area contributed by atoms with Gasteiger partial charge in [0.1, 0.15) is 10.5 Å². The first-order valence-corrected chi connectivity index (χ1v) is 12.1. The molecule has 3 aromatic rings. The molecule has 0 saturated heterocycles. The Balaban J connectivity index is 1.79. The average Bonchev–Trinajstić information content (AvgIpc) is 3.05. The molecule has 2 aromatic heterocycles. The summed E-state index contributed by atoms with van der Waals surface area (Å²) in [5, 5.41) is 15.0. The van der Waals surface area contributed by atoms with Crippen molar-refractivity contribution in [2.45, 2.75) is 52.6 Å². The van der Waals surface area contributed by atoms with Crippen LogP contribution in [0.15, 0.2) is 22.1 Å². The van der Waals surface area contributed by atoms with Gasteiger partial charge in [-0.15, -0.1) is 11.3 Å². The van der Waals surface area contributed by atoms with E-state index < -0.39 is 10.8 Å². The van der Waals surface area contributed by atoms with E-state index >= 15 is 0 Å². The average molecular weight is 475 g/mol. The van der Waals surface area contributed by atoms with E-state index in [1.807, 2.05) is 13.8 Å². The lowest BCUT2D eigenvalue weighted by molar-refractivity contribution is -0.384. The summed E-state index contributed by atoms with van der Waals surface area (Å²) in [7, 11) is 0. The third kappa shape index (κ3) is 5.02. The maximum absolute atomic E-state index is 12.8. The molecule has 10 heteroatoms. The maximum atomic E-state index is 12.8.